The van der Waals surface area contributed by atoms with E-state index < -0.39 is 10.8 Å². The molecule has 0 saturated heterocycles. The van der Waals surface area contributed by atoms with Gasteiger partial charge in [0.15, 0.2) is 0 Å². The van der Waals surface area contributed by atoms with E-state index >= 15 is 0 Å². The van der Waals surface area contributed by atoms with Gasteiger partial charge in [-0.25, -0.2) is 0 Å². The molecular formula is C9H13NOS. The fourth-order valence-corrected chi connectivity index (χ4v) is 1.47. The van der Waals surface area contributed by atoms with E-state index in [0.29, 0.717) is 0 Å². The normalized spacial score (nSPS) is 12.8. The summed E-state index contributed by atoms with van der Waals surface area (Å²) in [6.07, 6.45) is 2.58. The number of nitrogens with two attached hydrogens (primary N) is 1. The fourth-order valence-electron chi connectivity index (χ4n) is 0.946. The first kappa shape index (κ1) is 9.26. The maximum atomic E-state index is 10.8. The van der Waals surface area contributed by atoms with Crippen molar-refractivity contribution in [3.8, 4) is 0 Å². The Morgan fingerprint density at radius 1 is 1.33 bits per heavy atom. The molecule has 0 amide bonds. The number of anilines is 1. The minimum Gasteiger partial charge on any atom is -0.399 e. The van der Waals surface area contributed by atoms with Gasteiger partial charge in [0.05, 0.1) is 0 Å². The zero-order chi connectivity index (χ0) is 8.97. The fraction of sp³-hybridized carbons (Fsp3) is 0.333. The molecule has 0 bridgehead atoms. The number of aryl methyl sites for hydroxylation is 1. The Kier molecular flexibility index (Phi) is 3.29. The van der Waals surface area contributed by atoms with Crippen LogP contribution in [0, 0.1) is 0 Å². The molecule has 1 atom stereocenters. The molecule has 1 unspecified atom stereocenters. The van der Waals surface area contributed by atoms with Gasteiger partial charge in [-0.15, -0.1) is 0 Å². The SMILES string of the molecule is CS(=O)CCc1ccc(N)cc1. The van der Waals surface area contributed by atoms with Crippen LogP contribution in [0.5, 0.6) is 0 Å². The second kappa shape index (κ2) is 4.26. The highest BCUT2D eigenvalue weighted by molar-refractivity contribution is 7.84. The summed E-state index contributed by atoms with van der Waals surface area (Å²) in [6.45, 7) is 0. The van der Waals surface area contributed by atoms with E-state index in [4.69, 9.17) is 5.73 Å². The Morgan fingerprint density at radius 2 is 1.92 bits per heavy atom. The third-order valence-corrected chi connectivity index (χ3v) is 2.44. The maximum Gasteiger partial charge on any atom is 0.0314 e. The average molecular weight is 183 g/mol. The van der Waals surface area contributed by atoms with E-state index in [0.717, 1.165) is 17.9 Å². The molecule has 2 N–H and O–H groups in total. The monoisotopic (exact) mass is 183 g/mol. The summed E-state index contributed by atoms with van der Waals surface area (Å²) >= 11 is 0. The lowest BCUT2D eigenvalue weighted by Gasteiger charge is -1.99. The van der Waals surface area contributed by atoms with Crippen molar-refractivity contribution in [2.75, 3.05) is 17.7 Å². The summed E-state index contributed by atoms with van der Waals surface area (Å²) < 4.78 is 10.8. The Labute approximate surface area is 75.2 Å². The van der Waals surface area contributed by atoms with Crippen LogP contribution in [0.2, 0.25) is 0 Å². The van der Waals surface area contributed by atoms with Crippen molar-refractivity contribution in [2.24, 2.45) is 0 Å². The average Bonchev–Trinajstić information content (AvgIpc) is 2.03. The van der Waals surface area contributed by atoms with Gasteiger partial charge in [0, 0.05) is 28.5 Å². The van der Waals surface area contributed by atoms with Crippen LogP contribution in [-0.2, 0) is 17.2 Å². The lowest BCUT2D eigenvalue weighted by molar-refractivity contribution is 0.686. The van der Waals surface area contributed by atoms with Gasteiger partial charge in [-0.1, -0.05) is 12.1 Å². The quantitative estimate of drug-likeness (QED) is 0.715. The summed E-state index contributed by atoms with van der Waals surface area (Å²) in [5, 5.41) is 0. The Hall–Kier alpha value is -0.830. The molecule has 2 nitrogen and oxygen atoms in total. The maximum absolute atomic E-state index is 10.8. The Bertz CT molecular complexity index is 268. The van der Waals surface area contributed by atoms with Crippen LogP contribution in [0.25, 0.3) is 0 Å². The van der Waals surface area contributed by atoms with Crippen LogP contribution in [0.4, 0.5) is 5.69 Å². The lowest BCUT2D eigenvalue weighted by atomic mass is 10.2. The van der Waals surface area contributed by atoms with Gasteiger partial charge in [0.25, 0.3) is 0 Å². The van der Waals surface area contributed by atoms with Crippen molar-refractivity contribution < 1.29 is 4.21 Å². The highest BCUT2D eigenvalue weighted by Crippen LogP contribution is 2.05. The largest absolute Gasteiger partial charge is 0.399 e. The van der Waals surface area contributed by atoms with Gasteiger partial charge in [-0.3, -0.25) is 4.21 Å². The highest BCUT2D eigenvalue weighted by atomic mass is 32.2. The third-order valence-electron chi connectivity index (χ3n) is 1.66. The molecule has 66 valence electrons. The van der Waals surface area contributed by atoms with E-state index in [1.54, 1.807) is 6.26 Å². The van der Waals surface area contributed by atoms with E-state index in [-0.39, 0.29) is 0 Å². The summed E-state index contributed by atoms with van der Waals surface area (Å²) in [5.74, 6) is 0.726. The molecule has 0 aromatic heterocycles. The van der Waals surface area contributed by atoms with Gasteiger partial charge < -0.3 is 5.73 Å². The zero-order valence-corrected chi connectivity index (χ0v) is 7.93. The number of hydrogen-bond donors (Lipinski definition) is 1. The minimum atomic E-state index is -0.703. The molecule has 0 aliphatic rings. The zero-order valence-electron chi connectivity index (χ0n) is 7.12. The second-order valence-electron chi connectivity index (χ2n) is 2.77. The van der Waals surface area contributed by atoms with Crippen molar-refractivity contribution >= 4 is 16.5 Å². The Balaban J connectivity index is 2.53. The van der Waals surface area contributed by atoms with E-state index in [1.165, 1.54) is 5.56 Å². The van der Waals surface area contributed by atoms with Gasteiger partial charge in [-0.05, 0) is 24.1 Å². The van der Waals surface area contributed by atoms with Gasteiger partial charge in [0.2, 0.25) is 0 Å². The summed E-state index contributed by atoms with van der Waals surface area (Å²) in [7, 11) is -0.703. The van der Waals surface area contributed by atoms with Crippen molar-refractivity contribution in [1.29, 1.82) is 0 Å². The lowest BCUT2D eigenvalue weighted by Crippen LogP contribution is -1.98. The van der Waals surface area contributed by atoms with Crippen molar-refractivity contribution in [3.63, 3.8) is 0 Å². The van der Waals surface area contributed by atoms with Crippen molar-refractivity contribution in [1.82, 2.24) is 0 Å². The van der Waals surface area contributed by atoms with Crippen LogP contribution in [-0.4, -0.2) is 16.2 Å². The van der Waals surface area contributed by atoms with Crippen molar-refractivity contribution in [2.45, 2.75) is 6.42 Å². The van der Waals surface area contributed by atoms with E-state index in [9.17, 15) is 4.21 Å². The molecule has 0 heterocycles. The van der Waals surface area contributed by atoms with Gasteiger partial charge in [-0.2, -0.15) is 0 Å². The minimum absolute atomic E-state index is 0.703. The third kappa shape index (κ3) is 3.05. The molecule has 0 saturated carbocycles. The van der Waals surface area contributed by atoms with E-state index in [1.807, 2.05) is 24.3 Å². The van der Waals surface area contributed by atoms with Crippen LogP contribution >= 0.6 is 0 Å². The Morgan fingerprint density at radius 3 is 2.42 bits per heavy atom. The molecule has 0 spiro atoms. The van der Waals surface area contributed by atoms with Gasteiger partial charge >= 0.3 is 0 Å². The van der Waals surface area contributed by atoms with Crippen LogP contribution in [0.15, 0.2) is 24.3 Å². The standard InChI is InChI=1S/C9H13NOS/c1-12(11)7-6-8-2-4-9(10)5-3-8/h2-5H,6-7,10H2,1H3. The number of hydrogen-bond acceptors (Lipinski definition) is 2. The second-order valence-corrected chi connectivity index (χ2v) is 4.32. The molecule has 0 fully saturated rings. The number of benzene rings is 1. The molecule has 1 aromatic rings. The van der Waals surface area contributed by atoms with Crippen LogP contribution < -0.4 is 5.73 Å². The predicted octanol–water partition coefficient (Wildman–Crippen LogP) is 1.19. The first-order valence-corrected chi connectivity index (χ1v) is 5.55. The molecular weight excluding hydrogens is 170 g/mol. The predicted molar refractivity (Wildman–Crippen MR) is 53.5 cm³/mol. The van der Waals surface area contributed by atoms with Crippen LogP contribution in [0.3, 0.4) is 0 Å². The first-order valence-electron chi connectivity index (χ1n) is 3.83. The first-order chi connectivity index (χ1) is 5.68. The number of nitrogen functional groups attached to an aromatic ring is 1. The molecule has 12 heavy (non-hydrogen) atoms. The number of rotatable bonds is 3. The smallest absolute Gasteiger partial charge is 0.0314 e. The van der Waals surface area contributed by atoms with Crippen LogP contribution in [0.1, 0.15) is 5.56 Å². The summed E-state index contributed by atoms with van der Waals surface area (Å²) in [4.78, 5) is 0. The highest BCUT2D eigenvalue weighted by Gasteiger charge is 1.94. The molecule has 1 aromatic carbocycles. The summed E-state index contributed by atoms with van der Waals surface area (Å²) in [5.41, 5.74) is 7.49. The van der Waals surface area contributed by atoms with Crippen molar-refractivity contribution in [3.05, 3.63) is 29.8 Å². The topological polar surface area (TPSA) is 43.1 Å². The summed E-state index contributed by atoms with van der Waals surface area (Å²) in [6, 6.07) is 7.69. The van der Waals surface area contributed by atoms with Gasteiger partial charge in [0.1, 0.15) is 0 Å². The molecule has 1 rings (SSSR count). The molecule has 0 aliphatic heterocycles. The molecule has 0 radical (unpaired) electrons. The molecule has 3 heteroatoms. The molecule has 0 aliphatic carbocycles. The van der Waals surface area contributed by atoms with E-state index in [2.05, 4.69) is 0 Å².